The van der Waals surface area contributed by atoms with Crippen LogP contribution in [0.2, 0.25) is 0 Å². The monoisotopic (exact) mass is 280 g/mol. The van der Waals surface area contributed by atoms with E-state index in [1.54, 1.807) is 0 Å². The predicted octanol–water partition coefficient (Wildman–Crippen LogP) is 3.22. The van der Waals surface area contributed by atoms with E-state index >= 15 is 0 Å². The maximum atomic E-state index is 4.69. The lowest BCUT2D eigenvalue weighted by atomic mass is 10.1. The molecule has 0 saturated heterocycles. The second-order valence-electron chi connectivity index (χ2n) is 5.85. The molecule has 1 aromatic carbocycles. The van der Waals surface area contributed by atoms with Crippen molar-refractivity contribution in [2.45, 2.75) is 33.6 Å². The summed E-state index contributed by atoms with van der Waals surface area (Å²) in [6.07, 6.45) is 3.56. The van der Waals surface area contributed by atoms with Crippen molar-refractivity contribution < 1.29 is 0 Å². The zero-order valence-electron chi connectivity index (χ0n) is 12.7. The van der Waals surface area contributed by atoms with Crippen LogP contribution in [0.3, 0.4) is 0 Å². The number of hydrogen-bond donors (Lipinski definition) is 0. The van der Waals surface area contributed by atoms with E-state index in [4.69, 9.17) is 0 Å². The van der Waals surface area contributed by atoms with E-state index in [0.29, 0.717) is 5.92 Å². The fraction of sp³-hybridized carbons (Fsp3) is 0.353. The van der Waals surface area contributed by atoms with Gasteiger partial charge in [-0.25, -0.2) is 14.5 Å². The number of benzene rings is 1. The first-order valence-electron chi connectivity index (χ1n) is 7.37. The van der Waals surface area contributed by atoms with Crippen molar-refractivity contribution >= 4 is 5.52 Å². The van der Waals surface area contributed by atoms with E-state index in [1.807, 2.05) is 35.8 Å². The summed E-state index contributed by atoms with van der Waals surface area (Å²) >= 11 is 0. The van der Waals surface area contributed by atoms with Gasteiger partial charge in [0, 0.05) is 12.8 Å². The minimum Gasteiger partial charge on any atom is -0.237 e. The van der Waals surface area contributed by atoms with Gasteiger partial charge in [0.1, 0.15) is 11.3 Å². The van der Waals surface area contributed by atoms with Gasteiger partial charge in [0.25, 0.3) is 0 Å². The molecular formula is C17H20N4. The Kier molecular flexibility index (Phi) is 3.69. The minimum atomic E-state index is 0.558. The first-order valence-corrected chi connectivity index (χ1v) is 7.37. The van der Waals surface area contributed by atoms with Crippen molar-refractivity contribution in [2.75, 3.05) is 0 Å². The molecule has 4 heteroatoms. The van der Waals surface area contributed by atoms with Crippen LogP contribution in [0.1, 0.15) is 36.8 Å². The number of fused-ring (bicyclic) bond motifs is 1. The van der Waals surface area contributed by atoms with Crippen LogP contribution in [-0.2, 0) is 12.8 Å². The van der Waals surface area contributed by atoms with Crippen molar-refractivity contribution in [3.63, 3.8) is 0 Å². The summed E-state index contributed by atoms with van der Waals surface area (Å²) in [6.45, 7) is 6.41. The van der Waals surface area contributed by atoms with Crippen molar-refractivity contribution in [1.82, 2.24) is 19.6 Å². The molecule has 0 spiro atoms. The summed E-state index contributed by atoms with van der Waals surface area (Å²) in [5.74, 6) is 2.41. The standard InChI is InChI=1S/C17H20N4/c1-12(2)9-17-19-13(3)15-11-18-16(20-21(15)17)10-14-7-5-4-6-8-14/h4-8,11-12H,9-10H2,1-3H3. The molecule has 2 heterocycles. The molecule has 0 aliphatic carbocycles. The Bertz CT molecular complexity index is 744. The molecule has 0 unspecified atom stereocenters. The highest BCUT2D eigenvalue weighted by molar-refractivity contribution is 5.49. The third-order valence-electron chi connectivity index (χ3n) is 3.49. The molecule has 0 amide bonds. The largest absolute Gasteiger partial charge is 0.237 e. The number of rotatable bonds is 4. The molecule has 0 bridgehead atoms. The molecule has 0 aliphatic heterocycles. The minimum absolute atomic E-state index is 0.558. The average molecular weight is 280 g/mol. The van der Waals surface area contributed by atoms with Gasteiger partial charge in [0.2, 0.25) is 0 Å². The molecule has 21 heavy (non-hydrogen) atoms. The van der Waals surface area contributed by atoms with E-state index in [9.17, 15) is 0 Å². The lowest BCUT2D eigenvalue weighted by molar-refractivity contribution is 0.603. The average Bonchev–Trinajstić information content (AvgIpc) is 2.75. The molecule has 0 saturated carbocycles. The van der Waals surface area contributed by atoms with Gasteiger partial charge in [0.05, 0.1) is 11.9 Å². The Labute approximate surface area is 124 Å². The number of nitrogens with zero attached hydrogens (tertiary/aromatic N) is 4. The van der Waals surface area contributed by atoms with Crippen molar-refractivity contribution in [1.29, 1.82) is 0 Å². The molecular weight excluding hydrogens is 260 g/mol. The molecule has 3 aromatic rings. The van der Waals surface area contributed by atoms with Crippen molar-refractivity contribution in [3.8, 4) is 0 Å². The summed E-state index contributed by atoms with van der Waals surface area (Å²) in [5, 5.41) is 4.69. The molecule has 3 rings (SSSR count). The first-order chi connectivity index (χ1) is 10.1. The van der Waals surface area contributed by atoms with Crippen LogP contribution in [0.4, 0.5) is 0 Å². The first kappa shape index (κ1) is 13.7. The molecule has 0 fully saturated rings. The predicted molar refractivity (Wildman–Crippen MR) is 83.3 cm³/mol. The van der Waals surface area contributed by atoms with Gasteiger partial charge >= 0.3 is 0 Å². The van der Waals surface area contributed by atoms with Gasteiger partial charge in [-0.2, -0.15) is 5.10 Å². The van der Waals surface area contributed by atoms with Crippen LogP contribution in [0.15, 0.2) is 36.5 Å². The summed E-state index contributed by atoms with van der Waals surface area (Å²) in [7, 11) is 0. The fourth-order valence-corrected chi connectivity index (χ4v) is 2.48. The van der Waals surface area contributed by atoms with Gasteiger partial charge in [-0.1, -0.05) is 44.2 Å². The summed E-state index contributed by atoms with van der Waals surface area (Å²) < 4.78 is 1.96. The van der Waals surface area contributed by atoms with Gasteiger partial charge < -0.3 is 0 Å². The Morgan fingerprint density at radius 1 is 1.14 bits per heavy atom. The molecule has 108 valence electrons. The van der Waals surface area contributed by atoms with E-state index in [2.05, 4.69) is 41.0 Å². The number of aromatic nitrogens is 4. The summed E-state index contributed by atoms with van der Waals surface area (Å²) in [6, 6.07) is 10.3. The number of imidazole rings is 1. The van der Waals surface area contributed by atoms with Crippen LogP contribution in [0, 0.1) is 12.8 Å². The van der Waals surface area contributed by atoms with Crippen molar-refractivity contribution in [2.24, 2.45) is 5.92 Å². The molecule has 0 atom stereocenters. The summed E-state index contributed by atoms with van der Waals surface area (Å²) in [5.41, 5.74) is 3.22. The topological polar surface area (TPSA) is 43.1 Å². The zero-order chi connectivity index (χ0) is 14.8. The quantitative estimate of drug-likeness (QED) is 0.737. The van der Waals surface area contributed by atoms with E-state index in [-0.39, 0.29) is 0 Å². The fourth-order valence-electron chi connectivity index (χ4n) is 2.48. The summed E-state index contributed by atoms with van der Waals surface area (Å²) in [4.78, 5) is 9.12. The third-order valence-corrected chi connectivity index (χ3v) is 3.49. The lowest BCUT2D eigenvalue weighted by Gasteiger charge is -2.05. The van der Waals surface area contributed by atoms with E-state index in [1.165, 1.54) is 5.56 Å². The Morgan fingerprint density at radius 2 is 1.90 bits per heavy atom. The van der Waals surface area contributed by atoms with Gasteiger partial charge in [0.15, 0.2) is 5.82 Å². The number of aryl methyl sites for hydroxylation is 1. The molecule has 0 aliphatic rings. The highest BCUT2D eigenvalue weighted by atomic mass is 15.3. The van der Waals surface area contributed by atoms with Gasteiger partial charge in [-0.15, -0.1) is 0 Å². The maximum absolute atomic E-state index is 4.69. The Hall–Kier alpha value is -2.23. The van der Waals surface area contributed by atoms with E-state index < -0.39 is 0 Å². The van der Waals surface area contributed by atoms with Crippen LogP contribution < -0.4 is 0 Å². The molecule has 0 radical (unpaired) electrons. The van der Waals surface area contributed by atoms with Crippen molar-refractivity contribution in [3.05, 3.63) is 59.4 Å². The Balaban J connectivity index is 1.98. The van der Waals surface area contributed by atoms with Gasteiger partial charge in [-0.05, 0) is 18.4 Å². The second kappa shape index (κ2) is 5.64. The van der Waals surface area contributed by atoms with Crippen LogP contribution in [0.5, 0.6) is 0 Å². The van der Waals surface area contributed by atoms with Crippen LogP contribution in [0.25, 0.3) is 5.52 Å². The smallest absolute Gasteiger partial charge is 0.153 e. The maximum Gasteiger partial charge on any atom is 0.153 e. The highest BCUT2D eigenvalue weighted by Crippen LogP contribution is 2.14. The van der Waals surface area contributed by atoms with Gasteiger partial charge in [-0.3, -0.25) is 0 Å². The van der Waals surface area contributed by atoms with E-state index in [0.717, 1.165) is 35.7 Å². The molecule has 4 nitrogen and oxygen atoms in total. The third kappa shape index (κ3) is 2.94. The number of hydrogen-bond acceptors (Lipinski definition) is 3. The lowest BCUT2D eigenvalue weighted by Crippen LogP contribution is -2.07. The SMILES string of the molecule is Cc1nc(CC(C)C)n2nc(Cc3ccccc3)ncc12. The van der Waals surface area contributed by atoms with Crippen LogP contribution in [-0.4, -0.2) is 19.6 Å². The Morgan fingerprint density at radius 3 is 2.62 bits per heavy atom. The molecule has 2 aromatic heterocycles. The molecule has 0 N–H and O–H groups in total. The second-order valence-corrected chi connectivity index (χ2v) is 5.85. The highest BCUT2D eigenvalue weighted by Gasteiger charge is 2.12. The normalized spacial score (nSPS) is 11.4. The zero-order valence-corrected chi connectivity index (χ0v) is 12.7. The van der Waals surface area contributed by atoms with Crippen LogP contribution >= 0.6 is 0 Å².